The standard InChI is InChI=1S/C13H17N.C2H6/c1-2-3-4-5-6-12-7-9-13(11-14)10-8-12;1-2/h7-10H,2-6H2,1H3;1-2H3. The Bertz CT molecular complexity index is 292. The minimum absolute atomic E-state index is 0.752. The minimum Gasteiger partial charge on any atom is -0.192 e. The Morgan fingerprint density at radius 1 is 1.00 bits per heavy atom. The van der Waals surface area contributed by atoms with E-state index < -0.39 is 0 Å². The summed E-state index contributed by atoms with van der Waals surface area (Å²) in [6.07, 6.45) is 6.34. The molecule has 0 saturated carbocycles. The summed E-state index contributed by atoms with van der Waals surface area (Å²) in [5.74, 6) is 0. The topological polar surface area (TPSA) is 23.8 Å². The van der Waals surface area contributed by atoms with Crippen LogP contribution in [0.4, 0.5) is 0 Å². The molecule has 16 heavy (non-hydrogen) atoms. The Balaban J connectivity index is 0.00000106. The number of unbranched alkanes of at least 4 members (excludes halogenated alkanes) is 3. The summed E-state index contributed by atoms with van der Waals surface area (Å²) in [4.78, 5) is 0. The molecular formula is C15H23N. The van der Waals surface area contributed by atoms with Crippen molar-refractivity contribution in [1.82, 2.24) is 0 Å². The monoisotopic (exact) mass is 217 g/mol. The summed E-state index contributed by atoms with van der Waals surface area (Å²) in [5.41, 5.74) is 2.10. The SMILES string of the molecule is CC.CCCCCCc1ccc(C#N)cc1. The van der Waals surface area contributed by atoms with Crippen LogP contribution in [-0.4, -0.2) is 0 Å². The summed E-state index contributed by atoms with van der Waals surface area (Å²) in [5, 5.41) is 8.62. The molecule has 0 spiro atoms. The summed E-state index contributed by atoms with van der Waals surface area (Å²) in [6.45, 7) is 6.22. The highest BCUT2D eigenvalue weighted by atomic mass is 14.2. The second-order valence-corrected chi connectivity index (χ2v) is 3.62. The molecule has 0 fully saturated rings. The Morgan fingerprint density at radius 3 is 2.12 bits per heavy atom. The van der Waals surface area contributed by atoms with Crippen LogP contribution in [-0.2, 0) is 6.42 Å². The number of nitriles is 1. The van der Waals surface area contributed by atoms with Gasteiger partial charge in [-0.1, -0.05) is 52.2 Å². The van der Waals surface area contributed by atoms with Gasteiger partial charge in [-0.25, -0.2) is 0 Å². The second kappa shape index (κ2) is 10.2. The van der Waals surface area contributed by atoms with Crippen molar-refractivity contribution < 1.29 is 0 Å². The van der Waals surface area contributed by atoms with Gasteiger partial charge >= 0.3 is 0 Å². The smallest absolute Gasteiger partial charge is 0.0991 e. The number of rotatable bonds is 5. The van der Waals surface area contributed by atoms with Crippen LogP contribution in [0.2, 0.25) is 0 Å². The molecule has 1 rings (SSSR count). The van der Waals surface area contributed by atoms with Gasteiger partial charge in [0.15, 0.2) is 0 Å². The molecule has 1 nitrogen and oxygen atoms in total. The van der Waals surface area contributed by atoms with Crippen LogP contribution in [0, 0.1) is 11.3 Å². The van der Waals surface area contributed by atoms with E-state index in [-0.39, 0.29) is 0 Å². The van der Waals surface area contributed by atoms with Gasteiger partial charge in [-0.3, -0.25) is 0 Å². The van der Waals surface area contributed by atoms with Gasteiger partial charge in [-0.05, 0) is 30.5 Å². The zero-order chi connectivity index (χ0) is 12.2. The number of hydrogen-bond donors (Lipinski definition) is 0. The molecule has 0 bridgehead atoms. The van der Waals surface area contributed by atoms with Gasteiger partial charge in [0.25, 0.3) is 0 Å². The molecular weight excluding hydrogens is 194 g/mol. The first-order valence-corrected chi connectivity index (χ1v) is 6.36. The lowest BCUT2D eigenvalue weighted by molar-refractivity contribution is 0.667. The molecule has 0 aliphatic rings. The van der Waals surface area contributed by atoms with Gasteiger partial charge in [0.05, 0.1) is 11.6 Å². The van der Waals surface area contributed by atoms with E-state index in [1.165, 1.54) is 31.2 Å². The van der Waals surface area contributed by atoms with Gasteiger partial charge in [0, 0.05) is 0 Å². The summed E-state index contributed by atoms with van der Waals surface area (Å²) in [7, 11) is 0. The van der Waals surface area contributed by atoms with Crippen LogP contribution in [0.25, 0.3) is 0 Å². The fourth-order valence-corrected chi connectivity index (χ4v) is 1.50. The maximum Gasteiger partial charge on any atom is 0.0991 e. The van der Waals surface area contributed by atoms with Crippen molar-refractivity contribution in [2.24, 2.45) is 0 Å². The van der Waals surface area contributed by atoms with Crippen LogP contribution >= 0.6 is 0 Å². The number of nitrogens with zero attached hydrogens (tertiary/aromatic N) is 1. The molecule has 0 saturated heterocycles. The first kappa shape index (κ1) is 14.7. The lowest BCUT2D eigenvalue weighted by Gasteiger charge is -2.00. The van der Waals surface area contributed by atoms with E-state index in [2.05, 4.69) is 25.1 Å². The molecule has 88 valence electrons. The minimum atomic E-state index is 0.752. The molecule has 0 unspecified atom stereocenters. The largest absolute Gasteiger partial charge is 0.192 e. The van der Waals surface area contributed by atoms with Gasteiger partial charge in [-0.15, -0.1) is 0 Å². The summed E-state index contributed by atoms with van der Waals surface area (Å²) >= 11 is 0. The molecule has 0 aromatic heterocycles. The third-order valence-electron chi connectivity index (χ3n) is 2.40. The Labute approximate surface area is 100 Å². The molecule has 0 heterocycles. The van der Waals surface area contributed by atoms with Crippen molar-refractivity contribution in [3.05, 3.63) is 35.4 Å². The average molecular weight is 217 g/mol. The lowest BCUT2D eigenvalue weighted by Crippen LogP contribution is -1.85. The molecule has 0 radical (unpaired) electrons. The number of benzene rings is 1. The van der Waals surface area contributed by atoms with E-state index in [1.807, 2.05) is 26.0 Å². The summed E-state index contributed by atoms with van der Waals surface area (Å²) < 4.78 is 0. The first-order valence-electron chi connectivity index (χ1n) is 6.36. The van der Waals surface area contributed by atoms with Gasteiger partial charge in [-0.2, -0.15) is 5.26 Å². The quantitative estimate of drug-likeness (QED) is 0.655. The number of aryl methyl sites for hydroxylation is 1. The zero-order valence-electron chi connectivity index (χ0n) is 10.8. The van der Waals surface area contributed by atoms with Gasteiger partial charge < -0.3 is 0 Å². The van der Waals surface area contributed by atoms with E-state index in [0.29, 0.717) is 0 Å². The van der Waals surface area contributed by atoms with Crippen molar-refractivity contribution in [3.63, 3.8) is 0 Å². The molecule has 0 amide bonds. The van der Waals surface area contributed by atoms with Crippen LogP contribution in [0.15, 0.2) is 24.3 Å². The maximum atomic E-state index is 8.62. The van der Waals surface area contributed by atoms with Crippen molar-refractivity contribution in [2.75, 3.05) is 0 Å². The molecule has 1 aromatic carbocycles. The van der Waals surface area contributed by atoms with Gasteiger partial charge in [0.1, 0.15) is 0 Å². The molecule has 0 N–H and O–H groups in total. The highest BCUT2D eigenvalue weighted by Crippen LogP contribution is 2.08. The highest BCUT2D eigenvalue weighted by molar-refractivity contribution is 5.31. The fraction of sp³-hybridized carbons (Fsp3) is 0.533. The second-order valence-electron chi connectivity index (χ2n) is 3.62. The molecule has 0 aliphatic heterocycles. The normalized spacial score (nSPS) is 8.88. The van der Waals surface area contributed by atoms with Crippen LogP contribution in [0.5, 0.6) is 0 Å². The van der Waals surface area contributed by atoms with E-state index in [4.69, 9.17) is 5.26 Å². The summed E-state index contributed by atoms with van der Waals surface area (Å²) in [6, 6.07) is 10.0. The van der Waals surface area contributed by atoms with Crippen molar-refractivity contribution >= 4 is 0 Å². The Hall–Kier alpha value is -1.29. The highest BCUT2D eigenvalue weighted by Gasteiger charge is 1.94. The third kappa shape index (κ3) is 6.24. The number of hydrogen-bond acceptors (Lipinski definition) is 1. The van der Waals surface area contributed by atoms with E-state index in [0.717, 1.165) is 12.0 Å². The fourth-order valence-electron chi connectivity index (χ4n) is 1.50. The Morgan fingerprint density at radius 2 is 1.62 bits per heavy atom. The van der Waals surface area contributed by atoms with Crippen molar-refractivity contribution in [3.8, 4) is 6.07 Å². The van der Waals surface area contributed by atoms with E-state index >= 15 is 0 Å². The molecule has 0 atom stereocenters. The van der Waals surface area contributed by atoms with Crippen molar-refractivity contribution in [1.29, 1.82) is 5.26 Å². The Kier molecular flexibility index (Phi) is 9.41. The molecule has 0 aliphatic carbocycles. The maximum absolute atomic E-state index is 8.62. The van der Waals surface area contributed by atoms with Crippen LogP contribution in [0.3, 0.4) is 0 Å². The third-order valence-corrected chi connectivity index (χ3v) is 2.40. The first-order chi connectivity index (χ1) is 7.86. The lowest BCUT2D eigenvalue weighted by atomic mass is 10.1. The van der Waals surface area contributed by atoms with Crippen LogP contribution < -0.4 is 0 Å². The average Bonchev–Trinajstić information content (AvgIpc) is 2.38. The van der Waals surface area contributed by atoms with Gasteiger partial charge in [0.2, 0.25) is 0 Å². The predicted octanol–water partition coefficient (Wildman–Crippen LogP) is 4.71. The van der Waals surface area contributed by atoms with Crippen molar-refractivity contribution in [2.45, 2.75) is 52.9 Å². The van der Waals surface area contributed by atoms with E-state index in [9.17, 15) is 0 Å². The zero-order valence-corrected chi connectivity index (χ0v) is 10.8. The predicted molar refractivity (Wildman–Crippen MR) is 70.4 cm³/mol. The molecule has 1 aromatic rings. The van der Waals surface area contributed by atoms with Crippen LogP contribution in [0.1, 0.15) is 57.6 Å². The molecule has 1 heteroatoms. The van der Waals surface area contributed by atoms with E-state index in [1.54, 1.807) is 0 Å².